The van der Waals surface area contributed by atoms with Crippen LogP contribution in [-0.4, -0.2) is 55.6 Å². The molecule has 39 heavy (non-hydrogen) atoms. The fourth-order valence-electron chi connectivity index (χ4n) is 4.09. The van der Waals surface area contributed by atoms with Gasteiger partial charge in [0.15, 0.2) is 11.5 Å². The summed E-state index contributed by atoms with van der Waals surface area (Å²) in [4.78, 5) is 31.4. The third kappa shape index (κ3) is 8.48. The van der Waals surface area contributed by atoms with E-state index in [0.29, 0.717) is 48.8 Å². The Hall–Kier alpha value is -4.03. The highest BCUT2D eigenvalue weighted by atomic mass is 32.1. The number of thiophene rings is 1. The standard InChI is InChI=1S/C30H36N4O4S/c1-21(2)18-34(30(36)32-25-9-6-24(17-31)7-10-25)20-29(35)33(19-28-22(3)13-15-39-28)14-12-23-8-11-26(37-4)27(16-23)38-5/h6-11,13,15-16,21H,12,14,18-20H2,1-5H3,(H,32,36). The highest BCUT2D eigenvalue weighted by Crippen LogP contribution is 2.28. The minimum atomic E-state index is -0.353. The molecule has 1 N–H and O–H groups in total. The molecule has 0 atom stereocenters. The number of nitrogens with zero attached hydrogens (tertiary/aromatic N) is 3. The lowest BCUT2D eigenvalue weighted by atomic mass is 10.1. The molecule has 206 valence electrons. The first kappa shape index (κ1) is 29.5. The molecule has 3 aromatic rings. The number of carbonyl (C=O) groups is 2. The first-order valence-corrected chi connectivity index (χ1v) is 13.7. The van der Waals surface area contributed by atoms with Crippen molar-refractivity contribution in [2.75, 3.05) is 39.2 Å². The average molecular weight is 549 g/mol. The number of aryl methyl sites for hydroxylation is 1. The van der Waals surface area contributed by atoms with Crippen molar-refractivity contribution < 1.29 is 19.1 Å². The number of nitriles is 1. The summed E-state index contributed by atoms with van der Waals surface area (Å²) in [5.74, 6) is 1.34. The van der Waals surface area contributed by atoms with Crippen molar-refractivity contribution in [2.45, 2.75) is 33.7 Å². The van der Waals surface area contributed by atoms with Crippen molar-refractivity contribution in [1.29, 1.82) is 5.26 Å². The first-order valence-electron chi connectivity index (χ1n) is 12.8. The van der Waals surface area contributed by atoms with Crippen LogP contribution in [0.4, 0.5) is 10.5 Å². The lowest BCUT2D eigenvalue weighted by Gasteiger charge is -2.29. The van der Waals surface area contributed by atoms with Gasteiger partial charge < -0.3 is 24.6 Å². The molecule has 0 unspecified atom stereocenters. The van der Waals surface area contributed by atoms with Gasteiger partial charge in [-0.25, -0.2) is 4.79 Å². The van der Waals surface area contributed by atoms with E-state index in [2.05, 4.69) is 11.4 Å². The quantitative estimate of drug-likeness (QED) is 0.313. The van der Waals surface area contributed by atoms with Gasteiger partial charge in [-0.15, -0.1) is 11.3 Å². The Kier molecular flexibility index (Phi) is 10.8. The van der Waals surface area contributed by atoms with E-state index in [1.54, 1.807) is 54.7 Å². The second-order valence-corrected chi connectivity index (χ2v) is 10.7. The number of methoxy groups -OCH3 is 2. The highest BCUT2D eigenvalue weighted by Gasteiger charge is 2.23. The second kappa shape index (κ2) is 14.2. The van der Waals surface area contributed by atoms with Gasteiger partial charge in [0.25, 0.3) is 0 Å². The molecule has 0 aliphatic heterocycles. The van der Waals surface area contributed by atoms with Crippen LogP contribution >= 0.6 is 11.3 Å². The summed E-state index contributed by atoms with van der Waals surface area (Å²) < 4.78 is 10.8. The molecular weight excluding hydrogens is 512 g/mol. The Balaban J connectivity index is 1.77. The summed E-state index contributed by atoms with van der Waals surface area (Å²) in [7, 11) is 3.20. The van der Waals surface area contributed by atoms with Crippen molar-refractivity contribution in [3.63, 3.8) is 0 Å². The predicted octanol–water partition coefficient (Wildman–Crippen LogP) is 5.71. The fourth-order valence-corrected chi connectivity index (χ4v) is 5.01. The number of nitrogens with one attached hydrogen (secondary N) is 1. The highest BCUT2D eigenvalue weighted by molar-refractivity contribution is 7.10. The van der Waals surface area contributed by atoms with Gasteiger partial charge >= 0.3 is 6.03 Å². The van der Waals surface area contributed by atoms with Crippen LogP contribution in [0.3, 0.4) is 0 Å². The average Bonchev–Trinajstić information content (AvgIpc) is 3.34. The van der Waals surface area contributed by atoms with E-state index in [9.17, 15) is 9.59 Å². The van der Waals surface area contributed by atoms with E-state index in [1.165, 1.54) is 0 Å². The first-order chi connectivity index (χ1) is 18.7. The molecule has 1 aromatic heterocycles. The largest absolute Gasteiger partial charge is 0.493 e. The second-order valence-electron chi connectivity index (χ2n) is 9.68. The van der Waals surface area contributed by atoms with Crippen molar-refractivity contribution in [1.82, 2.24) is 9.80 Å². The van der Waals surface area contributed by atoms with E-state index < -0.39 is 0 Å². The lowest BCUT2D eigenvalue weighted by molar-refractivity contribution is -0.132. The fraction of sp³-hybridized carbons (Fsp3) is 0.367. The van der Waals surface area contributed by atoms with Crippen LogP contribution in [0.25, 0.3) is 0 Å². The third-order valence-electron chi connectivity index (χ3n) is 6.24. The van der Waals surface area contributed by atoms with Crippen molar-refractivity contribution in [3.8, 4) is 17.6 Å². The van der Waals surface area contributed by atoms with Gasteiger partial charge in [0.1, 0.15) is 6.54 Å². The topological polar surface area (TPSA) is 94.9 Å². The Bertz CT molecular complexity index is 1300. The molecule has 1 heterocycles. The minimum absolute atomic E-state index is 0.0450. The van der Waals surface area contributed by atoms with Crippen LogP contribution in [0.2, 0.25) is 0 Å². The molecule has 3 rings (SSSR count). The van der Waals surface area contributed by atoms with Crippen LogP contribution < -0.4 is 14.8 Å². The van der Waals surface area contributed by atoms with Crippen molar-refractivity contribution in [3.05, 3.63) is 75.5 Å². The van der Waals surface area contributed by atoms with E-state index in [4.69, 9.17) is 14.7 Å². The number of ether oxygens (including phenoxy) is 2. The van der Waals surface area contributed by atoms with Crippen molar-refractivity contribution in [2.24, 2.45) is 5.92 Å². The molecule has 0 saturated heterocycles. The number of rotatable bonds is 12. The minimum Gasteiger partial charge on any atom is -0.493 e. The molecular formula is C30H36N4O4S. The number of urea groups is 1. The number of anilines is 1. The van der Waals surface area contributed by atoms with Crippen LogP contribution in [0.15, 0.2) is 53.9 Å². The van der Waals surface area contributed by atoms with E-state index >= 15 is 0 Å². The maximum absolute atomic E-state index is 13.7. The van der Waals surface area contributed by atoms with E-state index in [1.807, 2.05) is 55.3 Å². The van der Waals surface area contributed by atoms with Gasteiger partial charge in [0.2, 0.25) is 5.91 Å². The molecule has 0 bridgehead atoms. The monoisotopic (exact) mass is 548 g/mol. The molecule has 3 amide bonds. The molecule has 0 spiro atoms. The lowest BCUT2D eigenvalue weighted by Crippen LogP contribution is -2.46. The SMILES string of the molecule is COc1ccc(CCN(Cc2sccc2C)C(=O)CN(CC(C)C)C(=O)Nc2ccc(C#N)cc2)cc1OC. The number of hydrogen-bond acceptors (Lipinski definition) is 6. The van der Waals surface area contributed by atoms with Gasteiger partial charge in [-0.05, 0) is 78.2 Å². The molecule has 0 radical (unpaired) electrons. The van der Waals surface area contributed by atoms with E-state index in [0.717, 1.165) is 16.0 Å². The predicted molar refractivity (Wildman–Crippen MR) is 154 cm³/mol. The Morgan fingerprint density at radius 2 is 1.74 bits per heavy atom. The molecule has 0 aliphatic rings. The molecule has 9 heteroatoms. The Morgan fingerprint density at radius 3 is 2.33 bits per heavy atom. The number of benzene rings is 2. The van der Waals surface area contributed by atoms with Crippen molar-refractivity contribution >= 4 is 29.0 Å². The summed E-state index contributed by atoms with van der Waals surface area (Å²) in [5.41, 5.74) is 3.24. The van der Waals surface area contributed by atoms with Gasteiger partial charge in [-0.2, -0.15) is 5.26 Å². The molecule has 0 saturated carbocycles. The molecule has 0 aliphatic carbocycles. The zero-order valence-electron chi connectivity index (χ0n) is 23.2. The zero-order chi connectivity index (χ0) is 28.4. The number of amides is 3. The third-order valence-corrected chi connectivity index (χ3v) is 7.25. The summed E-state index contributed by atoms with van der Waals surface area (Å²) in [5, 5.41) is 13.9. The zero-order valence-corrected chi connectivity index (χ0v) is 24.0. The smallest absolute Gasteiger partial charge is 0.322 e. The summed E-state index contributed by atoms with van der Waals surface area (Å²) in [6, 6.07) is 16.2. The number of hydrogen-bond donors (Lipinski definition) is 1. The van der Waals surface area contributed by atoms with Crippen LogP contribution in [0.1, 0.15) is 35.4 Å². The Morgan fingerprint density at radius 1 is 1.03 bits per heavy atom. The van der Waals surface area contributed by atoms with Crippen LogP contribution in [0.5, 0.6) is 11.5 Å². The van der Waals surface area contributed by atoms with Crippen LogP contribution in [0, 0.1) is 24.2 Å². The van der Waals surface area contributed by atoms with Gasteiger partial charge in [0, 0.05) is 23.7 Å². The molecule has 8 nitrogen and oxygen atoms in total. The normalized spacial score (nSPS) is 10.6. The Labute approximate surface area is 234 Å². The van der Waals surface area contributed by atoms with Crippen LogP contribution in [-0.2, 0) is 17.8 Å². The van der Waals surface area contributed by atoms with Gasteiger partial charge in [-0.3, -0.25) is 4.79 Å². The summed E-state index contributed by atoms with van der Waals surface area (Å²) in [6.07, 6.45) is 0.623. The van der Waals surface area contributed by atoms with Gasteiger partial charge in [0.05, 0.1) is 32.4 Å². The maximum atomic E-state index is 13.7. The maximum Gasteiger partial charge on any atom is 0.322 e. The molecule has 2 aromatic carbocycles. The summed E-state index contributed by atoms with van der Waals surface area (Å²) in [6.45, 7) is 7.40. The molecule has 0 fully saturated rings. The van der Waals surface area contributed by atoms with Gasteiger partial charge in [-0.1, -0.05) is 19.9 Å². The van der Waals surface area contributed by atoms with E-state index in [-0.39, 0.29) is 24.4 Å². The number of carbonyl (C=O) groups excluding carboxylic acids is 2. The summed E-state index contributed by atoms with van der Waals surface area (Å²) >= 11 is 1.62.